The van der Waals surface area contributed by atoms with Gasteiger partial charge in [-0.1, -0.05) is 37.6 Å². The second-order valence-electron chi connectivity index (χ2n) is 6.70. The summed E-state index contributed by atoms with van der Waals surface area (Å²) in [7, 11) is 0. The fraction of sp³-hybridized carbons (Fsp3) is 0.474. The third kappa shape index (κ3) is 6.17. The van der Waals surface area contributed by atoms with Gasteiger partial charge in [0.2, 0.25) is 0 Å². The molecule has 1 aliphatic heterocycles. The molecule has 2 heterocycles. The molecule has 1 fully saturated rings. The molecule has 1 aromatic carbocycles. The van der Waals surface area contributed by atoms with Crippen LogP contribution in [0.25, 0.3) is 11.1 Å². The summed E-state index contributed by atoms with van der Waals surface area (Å²) in [5.74, 6) is 0.127. The summed E-state index contributed by atoms with van der Waals surface area (Å²) >= 11 is 7.61. The topological polar surface area (TPSA) is 42.7 Å². The van der Waals surface area contributed by atoms with Crippen LogP contribution in [-0.2, 0) is 20.8 Å². The smallest absolute Gasteiger partial charge is 0.374 e. The van der Waals surface area contributed by atoms with Crippen LogP contribution in [0.3, 0.4) is 0 Å². The first-order valence-corrected chi connectivity index (χ1v) is 9.96. The largest absolute Gasteiger partial charge is 1.00 e. The lowest BCUT2D eigenvalue weighted by atomic mass is 10.1. The zero-order valence-corrected chi connectivity index (χ0v) is 18.6. The minimum atomic E-state index is -0.207. The van der Waals surface area contributed by atoms with Crippen LogP contribution in [0.4, 0.5) is 5.00 Å². The number of hydrogen-bond acceptors (Lipinski definition) is 5. The Morgan fingerprint density at radius 2 is 1.96 bits per heavy atom. The van der Waals surface area contributed by atoms with Crippen molar-refractivity contribution in [3.63, 3.8) is 0 Å². The first kappa shape index (κ1) is 22.1. The minimum Gasteiger partial charge on any atom is -1.00 e. The monoisotopic (exact) mass is 474 g/mol. The van der Waals surface area contributed by atoms with Crippen molar-refractivity contribution < 1.29 is 35.2 Å². The molecule has 0 saturated carbocycles. The highest BCUT2D eigenvalue weighted by Gasteiger charge is 2.26. The van der Waals surface area contributed by atoms with Crippen LogP contribution in [0.2, 0.25) is 5.02 Å². The van der Waals surface area contributed by atoms with Gasteiger partial charge in [0.1, 0.15) is 0 Å². The Labute approximate surface area is 179 Å². The van der Waals surface area contributed by atoms with E-state index in [-0.39, 0.29) is 29.5 Å². The Balaban J connectivity index is 0.00000261. The highest BCUT2D eigenvalue weighted by Crippen LogP contribution is 2.34. The SMILES string of the molecule is CC(C)COC(=O)C[n+]1cc(-c2ccc(Cl)cc2)c(N2CCOCC2)s1.[Br-]. The molecule has 0 bridgehead atoms. The maximum atomic E-state index is 12.1. The predicted molar refractivity (Wildman–Crippen MR) is 104 cm³/mol. The first-order chi connectivity index (χ1) is 12.5. The summed E-state index contributed by atoms with van der Waals surface area (Å²) in [6, 6.07) is 7.79. The van der Waals surface area contributed by atoms with Gasteiger partial charge in [0, 0.05) is 18.1 Å². The van der Waals surface area contributed by atoms with Crippen molar-refractivity contribution in [2.75, 3.05) is 37.8 Å². The average molecular weight is 476 g/mol. The average Bonchev–Trinajstić information content (AvgIpc) is 3.05. The van der Waals surface area contributed by atoms with E-state index in [1.54, 1.807) is 11.5 Å². The Kier molecular flexibility index (Phi) is 8.54. The Morgan fingerprint density at radius 3 is 2.59 bits per heavy atom. The number of carbonyl (C=O) groups is 1. The number of morpholine rings is 1. The normalized spacial score (nSPS) is 14.1. The lowest BCUT2D eigenvalue weighted by molar-refractivity contribution is -0.616. The molecule has 1 aliphatic rings. The zero-order valence-electron chi connectivity index (χ0n) is 15.5. The highest BCUT2D eigenvalue weighted by molar-refractivity contribution is 7.07. The fourth-order valence-electron chi connectivity index (χ4n) is 2.72. The van der Waals surface area contributed by atoms with Crippen molar-refractivity contribution in [3.8, 4) is 11.1 Å². The maximum absolute atomic E-state index is 12.1. The number of carbonyl (C=O) groups excluding carboxylic acids is 1. The van der Waals surface area contributed by atoms with Gasteiger partial charge in [0.15, 0.2) is 22.7 Å². The summed E-state index contributed by atoms with van der Waals surface area (Å²) < 4.78 is 12.7. The molecule has 3 rings (SSSR count). The number of nitrogens with zero attached hydrogens (tertiary/aromatic N) is 2. The van der Waals surface area contributed by atoms with Crippen molar-refractivity contribution in [3.05, 3.63) is 35.5 Å². The second-order valence-corrected chi connectivity index (χ2v) is 8.17. The molecule has 0 unspecified atom stereocenters. The van der Waals surface area contributed by atoms with E-state index in [2.05, 4.69) is 4.90 Å². The number of hydrogen-bond donors (Lipinski definition) is 0. The van der Waals surface area contributed by atoms with Gasteiger partial charge < -0.3 is 31.4 Å². The summed E-state index contributed by atoms with van der Waals surface area (Å²) in [6.45, 7) is 7.86. The number of ether oxygens (including phenoxy) is 2. The van der Waals surface area contributed by atoms with Crippen LogP contribution in [0.15, 0.2) is 30.5 Å². The lowest BCUT2D eigenvalue weighted by Crippen LogP contribution is -3.00. The van der Waals surface area contributed by atoms with E-state index in [0.29, 0.717) is 30.8 Å². The van der Waals surface area contributed by atoms with Gasteiger partial charge in [-0.25, -0.2) is 4.79 Å². The van der Waals surface area contributed by atoms with E-state index in [1.807, 2.05) is 48.3 Å². The number of anilines is 1. The molecule has 8 heteroatoms. The van der Waals surface area contributed by atoms with Crippen LogP contribution >= 0.6 is 23.1 Å². The molecule has 1 saturated heterocycles. The molecule has 0 radical (unpaired) electrons. The van der Waals surface area contributed by atoms with E-state index in [4.69, 9.17) is 21.1 Å². The Bertz CT molecular complexity index is 746. The molecule has 0 spiro atoms. The molecule has 148 valence electrons. The molecule has 0 atom stereocenters. The molecule has 0 aliphatic carbocycles. The van der Waals surface area contributed by atoms with Crippen LogP contribution in [0.1, 0.15) is 13.8 Å². The third-order valence-corrected chi connectivity index (χ3v) is 5.40. The van der Waals surface area contributed by atoms with Crippen LogP contribution in [0, 0.1) is 5.92 Å². The predicted octanol–water partition coefficient (Wildman–Crippen LogP) is 0.396. The molecule has 0 amide bonds. The highest BCUT2D eigenvalue weighted by atomic mass is 79.9. The first-order valence-electron chi connectivity index (χ1n) is 8.81. The van der Waals surface area contributed by atoms with Crippen molar-refractivity contribution >= 4 is 34.1 Å². The van der Waals surface area contributed by atoms with E-state index >= 15 is 0 Å². The van der Waals surface area contributed by atoms with Gasteiger partial charge in [-0.2, -0.15) is 0 Å². The van der Waals surface area contributed by atoms with Gasteiger partial charge in [-0.15, -0.1) is 3.96 Å². The Morgan fingerprint density at radius 1 is 1.30 bits per heavy atom. The van der Waals surface area contributed by atoms with E-state index in [1.165, 1.54) is 0 Å². The van der Waals surface area contributed by atoms with Crippen molar-refractivity contribution in [2.45, 2.75) is 20.4 Å². The van der Waals surface area contributed by atoms with Crippen LogP contribution < -0.4 is 25.8 Å². The summed E-state index contributed by atoms with van der Waals surface area (Å²) in [5.41, 5.74) is 2.19. The van der Waals surface area contributed by atoms with Crippen molar-refractivity contribution in [1.29, 1.82) is 0 Å². The van der Waals surface area contributed by atoms with Gasteiger partial charge >= 0.3 is 5.97 Å². The Hall–Kier alpha value is -1.15. The van der Waals surface area contributed by atoms with Crippen LogP contribution in [-0.4, -0.2) is 38.9 Å². The fourth-order valence-corrected chi connectivity index (χ4v) is 3.96. The molecular weight excluding hydrogens is 452 g/mol. The quantitative estimate of drug-likeness (QED) is 0.448. The van der Waals surface area contributed by atoms with E-state index in [9.17, 15) is 4.79 Å². The summed E-state index contributed by atoms with van der Waals surface area (Å²) in [6.07, 6.45) is 2.02. The summed E-state index contributed by atoms with van der Waals surface area (Å²) in [5, 5.41) is 1.86. The molecule has 0 N–H and O–H groups in total. The molecule has 27 heavy (non-hydrogen) atoms. The van der Waals surface area contributed by atoms with Gasteiger partial charge in [-0.05, 0) is 23.6 Å². The maximum Gasteiger partial charge on any atom is 0.374 e. The van der Waals surface area contributed by atoms with Crippen LogP contribution in [0.5, 0.6) is 0 Å². The molecule has 2 aromatic rings. The van der Waals surface area contributed by atoms with E-state index < -0.39 is 0 Å². The molecule has 1 aromatic heterocycles. The number of halogens is 2. The lowest BCUT2D eigenvalue weighted by Gasteiger charge is -2.26. The van der Waals surface area contributed by atoms with Gasteiger partial charge in [0.25, 0.3) is 6.54 Å². The van der Waals surface area contributed by atoms with E-state index in [0.717, 1.165) is 29.2 Å². The number of benzene rings is 1. The van der Waals surface area contributed by atoms with Gasteiger partial charge in [-0.3, -0.25) is 0 Å². The van der Waals surface area contributed by atoms with Crippen molar-refractivity contribution in [1.82, 2.24) is 0 Å². The van der Waals surface area contributed by atoms with Crippen molar-refractivity contribution in [2.24, 2.45) is 5.92 Å². The molecular formula is C19H24BrClN2O3S. The number of rotatable bonds is 6. The minimum absolute atomic E-state index is 0. The third-order valence-electron chi connectivity index (χ3n) is 4.02. The number of esters is 1. The summed E-state index contributed by atoms with van der Waals surface area (Å²) in [4.78, 5) is 14.4. The molecule has 5 nitrogen and oxygen atoms in total. The number of aromatic nitrogens is 1. The van der Waals surface area contributed by atoms with Gasteiger partial charge in [0.05, 0.1) is 25.4 Å². The standard InChI is InChI=1S/C19H24ClN2O3S.BrH/c1-14(2)13-25-18(23)12-22-11-17(15-3-5-16(20)6-4-15)19(26-22)21-7-9-24-10-8-21;/h3-6,11,14H,7-10,12-13H2,1-2H3;1H/q+1;/p-1. The zero-order chi connectivity index (χ0) is 18.5. The second kappa shape index (κ2) is 10.4.